The van der Waals surface area contributed by atoms with Gasteiger partial charge in [-0.3, -0.25) is 4.90 Å². The Balaban J connectivity index is 1.67. The molecule has 1 fully saturated rings. The summed E-state index contributed by atoms with van der Waals surface area (Å²) in [6.07, 6.45) is 0.690. The summed E-state index contributed by atoms with van der Waals surface area (Å²) < 4.78 is 5.52. The van der Waals surface area contributed by atoms with Crippen LogP contribution >= 0.6 is 0 Å². The zero-order chi connectivity index (χ0) is 18.4. The van der Waals surface area contributed by atoms with Crippen molar-refractivity contribution in [2.24, 2.45) is 5.73 Å². The van der Waals surface area contributed by atoms with E-state index in [0.717, 1.165) is 37.2 Å². The largest absolute Gasteiger partial charge is 0.445 e. The maximum atomic E-state index is 12.6. The van der Waals surface area contributed by atoms with Crippen LogP contribution in [0.25, 0.3) is 0 Å². The van der Waals surface area contributed by atoms with Crippen LogP contribution in [0, 0.1) is 0 Å². The monoisotopic (exact) mass is 353 g/mol. The lowest BCUT2D eigenvalue weighted by atomic mass is 10.1. The lowest BCUT2D eigenvalue weighted by Gasteiger charge is -2.31. The number of hydrogen-bond donors (Lipinski definition) is 1. The van der Waals surface area contributed by atoms with E-state index in [1.165, 1.54) is 0 Å². The lowest BCUT2D eigenvalue weighted by Crippen LogP contribution is -2.39. The smallest absolute Gasteiger partial charge is 0.410 e. The molecule has 5 heteroatoms. The molecule has 2 N–H and O–H groups in total. The van der Waals surface area contributed by atoms with E-state index in [9.17, 15) is 4.79 Å². The third-order valence-corrected chi connectivity index (χ3v) is 4.88. The Morgan fingerprint density at radius 1 is 1.19 bits per heavy atom. The highest BCUT2D eigenvalue weighted by Gasteiger charge is 2.28. The minimum atomic E-state index is -0.314. The Hall–Kier alpha value is -2.37. The molecule has 0 aliphatic carbocycles. The fraction of sp³-hybridized carbons (Fsp3) is 0.381. The predicted octanol–water partition coefficient (Wildman–Crippen LogP) is 3.03. The molecule has 5 nitrogen and oxygen atoms in total. The standard InChI is InChI=1S/C21H27N3O2/c1-23(21(25)26-16-17-8-4-2-5-9-17)20(18-10-6-3-7-11-18)15-24-13-12-19(22)14-24/h2-11,19-20H,12-16,22H2,1H3/t19-,20+/m0/s1. The minimum Gasteiger partial charge on any atom is -0.445 e. The van der Waals surface area contributed by atoms with Gasteiger partial charge >= 0.3 is 6.09 Å². The number of ether oxygens (including phenoxy) is 1. The van der Waals surface area contributed by atoms with Crippen LogP contribution in [0.4, 0.5) is 4.79 Å². The highest BCUT2D eigenvalue weighted by atomic mass is 16.6. The maximum Gasteiger partial charge on any atom is 0.410 e. The number of likely N-dealkylation sites (N-methyl/N-ethyl adjacent to an activating group) is 1. The summed E-state index contributed by atoms with van der Waals surface area (Å²) in [5.41, 5.74) is 8.13. The number of carbonyl (C=O) groups excluding carboxylic acids is 1. The normalized spacial score (nSPS) is 18.5. The molecule has 0 aromatic heterocycles. The van der Waals surface area contributed by atoms with Crippen LogP contribution in [-0.4, -0.2) is 48.6 Å². The van der Waals surface area contributed by atoms with Gasteiger partial charge < -0.3 is 15.4 Å². The molecule has 0 spiro atoms. The fourth-order valence-corrected chi connectivity index (χ4v) is 3.35. The Bertz CT molecular complexity index is 693. The first-order valence-corrected chi connectivity index (χ1v) is 9.10. The van der Waals surface area contributed by atoms with Crippen molar-refractivity contribution in [2.45, 2.75) is 25.1 Å². The van der Waals surface area contributed by atoms with E-state index in [2.05, 4.69) is 17.0 Å². The highest BCUT2D eigenvalue weighted by Crippen LogP contribution is 2.23. The van der Waals surface area contributed by atoms with Crippen molar-refractivity contribution in [3.05, 3.63) is 71.8 Å². The SMILES string of the molecule is CN(C(=O)OCc1ccccc1)[C@H](CN1CC[C@H](N)C1)c1ccccc1. The zero-order valence-corrected chi connectivity index (χ0v) is 15.3. The number of nitrogens with zero attached hydrogens (tertiary/aromatic N) is 2. The molecule has 3 rings (SSSR count). The average molecular weight is 353 g/mol. The lowest BCUT2D eigenvalue weighted by molar-refractivity contribution is 0.0833. The van der Waals surface area contributed by atoms with Gasteiger partial charge in [0, 0.05) is 26.2 Å². The third-order valence-electron chi connectivity index (χ3n) is 4.88. The number of nitrogens with two attached hydrogens (primary N) is 1. The molecule has 2 atom stereocenters. The molecule has 2 aromatic rings. The molecule has 0 saturated carbocycles. The van der Waals surface area contributed by atoms with Crippen molar-refractivity contribution in [2.75, 3.05) is 26.7 Å². The average Bonchev–Trinajstić information content (AvgIpc) is 3.10. The zero-order valence-electron chi connectivity index (χ0n) is 15.3. The molecule has 0 radical (unpaired) electrons. The summed E-state index contributed by atoms with van der Waals surface area (Å²) in [5.74, 6) is 0. The van der Waals surface area contributed by atoms with Crippen LogP contribution in [0.3, 0.4) is 0 Å². The van der Waals surface area contributed by atoms with E-state index in [4.69, 9.17) is 10.5 Å². The molecule has 1 aliphatic heterocycles. The number of carbonyl (C=O) groups is 1. The maximum absolute atomic E-state index is 12.6. The van der Waals surface area contributed by atoms with Gasteiger partial charge in [0.25, 0.3) is 0 Å². The Morgan fingerprint density at radius 2 is 1.85 bits per heavy atom. The number of hydrogen-bond acceptors (Lipinski definition) is 4. The van der Waals surface area contributed by atoms with Crippen LogP contribution in [0.2, 0.25) is 0 Å². The van der Waals surface area contributed by atoms with Crippen LogP contribution in [-0.2, 0) is 11.3 Å². The van der Waals surface area contributed by atoms with Gasteiger partial charge in [-0.15, -0.1) is 0 Å². The molecule has 26 heavy (non-hydrogen) atoms. The van der Waals surface area contributed by atoms with Crippen molar-refractivity contribution in [1.82, 2.24) is 9.80 Å². The van der Waals surface area contributed by atoms with Gasteiger partial charge in [-0.05, 0) is 24.1 Å². The summed E-state index contributed by atoms with van der Waals surface area (Å²) in [6.45, 7) is 2.88. The molecule has 0 unspecified atom stereocenters. The first kappa shape index (κ1) is 18.4. The molecule has 1 saturated heterocycles. The molecule has 1 heterocycles. The van der Waals surface area contributed by atoms with E-state index in [-0.39, 0.29) is 24.8 Å². The van der Waals surface area contributed by atoms with Crippen molar-refractivity contribution in [3.8, 4) is 0 Å². The van der Waals surface area contributed by atoms with Crippen molar-refractivity contribution in [1.29, 1.82) is 0 Å². The second-order valence-electron chi connectivity index (χ2n) is 6.89. The second kappa shape index (κ2) is 8.83. The highest BCUT2D eigenvalue weighted by molar-refractivity contribution is 5.68. The minimum absolute atomic E-state index is 0.0650. The summed E-state index contributed by atoms with van der Waals surface area (Å²) in [6, 6.07) is 20.0. The van der Waals surface area contributed by atoms with Crippen LogP contribution in [0.5, 0.6) is 0 Å². The van der Waals surface area contributed by atoms with Crippen LogP contribution < -0.4 is 5.73 Å². The van der Waals surface area contributed by atoms with Gasteiger partial charge in [-0.1, -0.05) is 60.7 Å². The molecular formula is C21H27N3O2. The first-order chi connectivity index (χ1) is 12.6. The van der Waals surface area contributed by atoms with Crippen molar-refractivity contribution >= 4 is 6.09 Å². The number of rotatable bonds is 6. The van der Waals surface area contributed by atoms with E-state index < -0.39 is 0 Å². The Morgan fingerprint density at radius 3 is 2.46 bits per heavy atom. The molecular weight excluding hydrogens is 326 g/mol. The van der Waals surface area contributed by atoms with E-state index in [0.29, 0.717) is 0 Å². The van der Waals surface area contributed by atoms with Gasteiger partial charge in [0.2, 0.25) is 0 Å². The van der Waals surface area contributed by atoms with Gasteiger partial charge in [0.15, 0.2) is 0 Å². The van der Waals surface area contributed by atoms with E-state index in [1.807, 2.05) is 48.5 Å². The van der Waals surface area contributed by atoms with Crippen LogP contribution in [0.1, 0.15) is 23.6 Å². The van der Waals surface area contributed by atoms with Crippen molar-refractivity contribution < 1.29 is 9.53 Å². The molecule has 2 aromatic carbocycles. The summed E-state index contributed by atoms with van der Waals surface area (Å²) >= 11 is 0. The first-order valence-electron chi connectivity index (χ1n) is 9.10. The van der Waals surface area contributed by atoms with E-state index in [1.54, 1.807) is 11.9 Å². The third kappa shape index (κ3) is 4.84. The van der Waals surface area contributed by atoms with E-state index >= 15 is 0 Å². The number of likely N-dealkylation sites (tertiary alicyclic amines) is 1. The fourth-order valence-electron chi connectivity index (χ4n) is 3.35. The quantitative estimate of drug-likeness (QED) is 0.867. The molecule has 0 bridgehead atoms. The number of benzene rings is 2. The predicted molar refractivity (Wildman–Crippen MR) is 103 cm³/mol. The summed E-state index contributed by atoms with van der Waals surface area (Å²) in [5, 5.41) is 0. The summed E-state index contributed by atoms with van der Waals surface area (Å²) in [4.78, 5) is 16.6. The Labute approximate surface area is 155 Å². The van der Waals surface area contributed by atoms with Gasteiger partial charge in [0.1, 0.15) is 6.61 Å². The van der Waals surface area contributed by atoms with Crippen LogP contribution in [0.15, 0.2) is 60.7 Å². The molecule has 138 valence electrons. The molecule has 1 aliphatic rings. The number of amides is 1. The topological polar surface area (TPSA) is 58.8 Å². The molecule has 1 amide bonds. The van der Waals surface area contributed by atoms with Gasteiger partial charge in [-0.25, -0.2) is 4.79 Å². The van der Waals surface area contributed by atoms with Crippen molar-refractivity contribution in [3.63, 3.8) is 0 Å². The summed E-state index contributed by atoms with van der Waals surface area (Å²) in [7, 11) is 1.81. The Kier molecular flexibility index (Phi) is 6.26. The van der Waals surface area contributed by atoms with Gasteiger partial charge in [0.05, 0.1) is 6.04 Å². The second-order valence-corrected chi connectivity index (χ2v) is 6.89. The van der Waals surface area contributed by atoms with Gasteiger partial charge in [-0.2, -0.15) is 0 Å².